The highest BCUT2D eigenvalue weighted by atomic mass is 32.2. The zero-order valence-corrected chi connectivity index (χ0v) is 9.80. The van der Waals surface area contributed by atoms with E-state index in [1.165, 1.54) is 0 Å². The van der Waals surface area contributed by atoms with Gasteiger partial charge in [0.15, 0.2) is 5.25 Å². The van der Waals surface area contributed by atoms with E-state index in [0.29, 0.717) is 6.54 Å². The van der Waals surface area contributed by atoms with Gasteiger partial charge in [0.2, 0.25) is 10.0 Å². The van der Waals surface area contributed by atoms with Crippen LogP contribution in [0.4, 0.5) is 0 Å². The van der Waals surface area contributed by atoms with Gasteiger partial charge in [0.1, 0.15) is 0 Å². The van der Waals surface area contributed by atoms with E-state index in [1.54, 1.807) is 0 Å². The summed E-state index contributed by atoms with van der Waals surface area (Å²) in [5, 5.41) is 10.1. The van der Waals surface area contributed by atoms with Crippen LogP contribution in [0.1, 0.15) is 20.3 Å². The van der Waals surface area contributed by atoms with Crippen molar-refractivity contribution in [1.82, 2.24) is 10.0 Å². The Labute approximate surface area is 90.1 Å². The summed E-state index contributed by atoms with van der Waals surface area (Å²) in [6, 6.07) is 0. The standard InChI is InChI=1S/C8H18N2O4S/c1-3-4-9-5-6-10-15(13,14)7(2)8(11)12/h7,9-10H,3-6H2,1-2H3,(H,11,12). The number of nitrogens with one attached hydrogen (secondary N) is 2. The molecule has 0 amide bonds. The van der Waals surface area contributed by atoms with E-state index < -0.39 is 21.2 Å². The third-order valence-electron chi connectivity index (χ3n) is 1.85. The maximum Gasteiger partial charge on any atom is 0.323 e. The van der Waals surface area contributed by atoms with Crippen molar-refractivity contribution in [3.8, 4) is 0 Å². The number of carboxylic acids is 1. The van der Waals surface area contributed by atoms with Gasteiger partial charge in [-0.25, -0.2) is 13.1 Å². The molecule has 0 aliphatic heterocycles. The molecule has 0 rings (SSSR count). The number of hydrogen-bond acceptors (Lipinski definition) is 4. The fourth-order valence-electron chi connectivity index (χ4n) is 0.841. The minimum atomic E-state index is -3.74. The van der Waals surface area contributed by atoms with E-state index >= 15 is 0 Å². The molecule has 0 bridgehead atoms. The molecule has 0 fully saturated rings. The number of rotatable bonds is 8. The Balaban J connectivity index is 3.90. The van der Waals surface area contributed by atoms with Gasteiger partial charge in [0.05, 0.1) is 0 Å². The monoisotopic (exact) mass is 238 g/mol. The number of hydrogen-bond donors (Lipinski definition) is 3. The highest BCUT2D eigenvalue weighted by Gasteiger charge is 2.26. The summed E-state index contributed by atoms with van der Waals surface area (Å²) < 4.78 is 24.8. The van der Waals surface area contributed by atoms with Gasteiger partial charge in [-0.15, -0.1) is 0 Å². The Morgan fingerprint density at radius 2 is 1.93 bits per heavy atom. The van der Waals surface area contributed by atoms with E-state index in [2.05, 4.69) is 10.0 Å². The normalized spacial score (nSPS) is 13.7. The Kier molecular flexibility index (Phi) is 6.46. The number of sulfonamides is 1. The lowest BCUT2D eigenvalue weighted by Gasteiger charge is -2.10. The summed E-state index contributed by atoms with van der Waals surface area (Å²) in [5.74, 6) is -1.34. The highest BCUT2D eigenvalue weighted by molar-refractivity contribution is 7.90. The van der Waals surface area contributed by atoms with Crippen molar-refractivity contribution >= 4 is 16.0 Å². The molecule has 0 aromatic carbocycles. The molecule has 0 aliphatic carbocycles. The van der Waals surface area contributed by atoms with E-state index in [9.17, 15) is 13.2 Å². The van der Waals surface area contributed by atoms with Gasteiger partial charge in [-0.3, -0.25) is 4.79 Å². The zero-order valence-electron chi connectivity index (χ0n) is 8.99. The van der Waals surface area contributed by atoms with Crippen molar-refractivity contribution in [2.24, 2.45) is 0 Å². The van der Waals surface area contributed by atoms with Gasteiger partial charge < -0.3 is 10.4 Å². The molecule has 0 radical (unpaired) electrons. The summed E-state index contributed by atoms with van der Waals surface area (Å²) >= 11 is 0. The van der Waals surface area contributed by atoms with Crippen molar-refractivity contribution in [1.29, 1.82) is 0 Å². The van der Waals surface area contributed by atoms with Crippen LogP contribution in [-0.4, -0.2) is 44.4 Å². The van der Waals surface area contributed by atoms with Crippen LogP contribution in [0.25, 0.3) is 0 Å². The SMILES string of the molecule is CCCNCCNS(=O)(=O)C(C)C(=O)O. The fourth-order valence-corrected chi connectivity index (χ4v) is 1.74. The van der Waals surface area contributed by atoms with Gasteiger partial charge in [-0.2, -0.15) is 0 Å². The van der Waals surface area contributed by atoms with Gasteiger partial charge in [0, 0.05) is 13.1 Å². The Morgan fingerprint density at radius 3 is 2.40 bits per heavy atom. The quantitative estimate of drug-likeness (QED) is 0.490. The van der Waals surface area contributed by atoms with Crippen molar-refractivity contribution in [3.05, 3.63) is 0 Å². The number of carboxylic acid groups (broad SMARTS) is 1. The maximum absolute atomic E-state index is 11.3. The van der Waals surface area contributed by atoms with Crippen molar-refractivity contribution in [3.63, 3.8) is 0 Å². The Morgan fingerprint density at radius 1 is 1.33 bits per heavy atom. The van der Waals surface area contributed by atoms with E-state index in [0.717, 1.165) is 19.9 Å². The van der Waals surface area contributed by atoms with Crippen LogP contribution >= 0.6 is 0 Å². The third kappa shape index (κ3) is 5.71. The molecular formula is C8H18N2O4S. The lowest BCUT2D eigenvalue weighted by atomic mass is 10.5. The molecule has 15 heavy (non-hydrogen) atoms. The highest BCUT2D eigenvalue weighted by Crippen LogP contribution is 1.96. The van der Waals surface area contributed by atoms with Gasteiger partial charge in [-0.1, -0.05) is 6.92 Å². The van der Waals surface area contributed by atoms with E-state index in [4.69, 9.17) is 5.11 Å². The van der Waals surface area contributed by atoms with Crippen molar-refractivity contribution in [2.75, 3.05) is 19.6 Å². The lowest BCUT2D eigenvalue weighted by Crippen LogP contribution is -2.40. The minimum absolute atomic E-state index is 0.208. The zero-order chi connectivity index (χ0) is 11.9. The Bertz CT molecular complexity index is 289. The fraction of sp³-hybridized carbons (Fsp3) is 0.875. The first-order valence-corrected chi connectivity index (χ1v) is 6.38. The summed E-state index contributed by atoms with van der Waals surface area (Å²) in [5.41, 5.74) is 0. The first kappa shape index (κ1) is 14.3. The van der Waals surface area contributed by atoms with Crippen molar-refractivity contribution in [2.45, 2.75) is 25.5 Å². The molecule has 7 heteroatoms. The molecule has 0 saturated heterocycles. The molecular weight excluding hydrogens is 220 g/mol. The Hall–Kier alpha value is -0.660. The van der Waals surface area contributed by atoms with Gasteiger partial charge in [-0.05, 0) is 19.9 Å². The molecule has 90 valence electrons. The molecule has 0 spiro atoms. The number of aliphatic carboxylic acids is 1. The van der Waals surface area contributed by atoms with Crippen LogP contribution in [0.2, 0.25) is 0 Å². The maximum atomic E-state index is 11.3. The summed E-state index contributed by atoms with van der Waals surface area (Å²) in [7, 11) is -3.74. The van der Waals surface area contributed by atoms with Crippen molar-refractivity contribution < 1.29 is 18.3 Å². The first-order chi connectivity index (χ1) is 6.91. The minimum Gasteiger partial charge on any atom is -0.480 e. The molecule has 6 nitrogen and oxygen atoms in total. The number of carbonyl (C=O) groups is 1. The van der Waals surface area contributed by atoms with Crippen LogP contribution in [0, 0.1) is 0 Å². The van der Waals surface area contributed by atoms with Crippen LogP contribution in [0.3, 0.4) is 0 Å². The summed E-state index contributed by atoms with van der Waals surface area (Å²) in [4.78, 5) is 10.4. The molecule has 3 N–H and O–H groups in total. The molecule has 0 aliphatic rings. The van der Waals surface area contributed by atoms with Crippen LogP contribution in [-0.2, 0) is 14.8 Å². The molecule has 0 aromatic heterocycles. The molecule has 1 unspecified atom stereocenters. The summed E-state index contributed by atoms with van der Waals surface area (Å²) in [6.45, 7) is 4.67. The second kappa shape index (κ2) is 6.76. The molecule has 0 aromatic rings. The first-order valence-electron chi connectivity index (χ1n) is 4.83. The predicted octanol–water partition coefficient (Wildman–Crippen LogP) is -0.621. The average Bonchev–Trinajstić information content (AvgIpc) is 2.16. The molecule has 0 saturated carbocycles. The largest absolute Gasteiger partial charge is 0.480 e. The van der Waals surface area contributed by atoms with Crippen LogP contribution in [0.15, 0.2) is 0 Å². The average molecular weight is 238 g/mol. The molecule has 1 atom stereocenters. The lowest BCUT2D eigenvalue weighted by molar-refractivity contribution is -0.136. The third-order valence-corrected chi connectivity index (χ3v) is 3.58. The molecule has 0 heterocycles. The van der Waals surface area contributed by atoms with Gasteiger partial charge in [0.25, 0.3) is 0 Å². The van der Waals surface area contributed by atoms with Crippen LogP contribution in [0.5, 0.6) is 0 Å². The summed E-state index contributed by atoms with van der Waals surface area (Å²) in [6.07, 6.45) is 0.971. The van der Waals surface area contributed by atoms with Gasteiger partial charge >= 0.3 is 5.97 Å². The smallest absolute Gasteiger partial charge is 0.323 e. The van der Waals surface area contributed by atoms with E-state index in [-0.39, 0.29) is 6.54 Å². The van der Waals surface area contributed by atoms with Crippen LogP contribution < -0.4 is 10.0 Å². The predicted molar refractivity (Wildman–Crippen MR) is 57.2 cm³/mol. The topological polar surface area (TPSA) is 95.5 Å². The second-order valence-corrected chi connectivity index (χ2v) is 5.26. The second-order valence-electron chi connectivity index (χ2n) is 3.17. The van der Waals surface area contributed by atoms with E-state index in [1.807, 2.05) is 6.92 Å².